The van der Waals surface area contributed by atoms with Crippen LogP contribution in [0.2, 0.25) is 0 Å². The molecule has 3 heterocycles. The summed E-state index contributed by atoms with van der Waals surface area (Å²) in [6.07, 6.45) is 0. The minimum atomic E-state index is -1.52. The van der Waals surface area contributed by atoms with E-state index in [0.717, 1.165) is 11.1 Å². The second-order valence-electron chi connectivity index (χ2n) is 7.30. The molecule has 29 heavy (non-hydrogen) atoms. The molecule has 3 aromatic rings. The standard InChI is InChI=1S/C20H17N5O4/c1-24-15-5-3-2-4-14(15)21-17(24)20(18(28)22-19(29)23-20)10-25-9-11-6-7-12(26)8-13(11)16(25)27/h2-8,26H,9-10H2,1H3,(H2,22,23,28,29). The van der Waals surface area contributed by atoms with Gasteiger partial charge in [0.1, 0.15) is 11.6 Å². The lowest BCUT2D eigenvalue weighted by Gasteiger charge is -2.30. The number of hydrogen-bond donors (Lipinski definition) is 3. The van der Waals surface area contributed by atoms with E-state index >= 15 is 0 Å². The Morgan fingerprint density at radius 2 is 1.97 bits per heavy atom. The zero-order chi connectivity index (χ0) is 20.3. The minimum absolute atomic E-state index is 0.00377. The number of phenolic OH excluding ortho intramolecular Hbond substituents is 1. The zero-order valence-electron chi connectivity index (χ0n) is 15.5. The normalized spacial score (nSPS) is 20.9. The van der Waals surface area contributed by atoms with E-state index in [0.29, 0.717) is 16.9 Å². The third-order valence-corrected chi connectivity index (χ3v) is 5.51. The number of aromatic hydroxyl groups is 1. The molecule has 5 rings (SSSR count). The Morgan fingerprint density at radius 3 is 2.69 bits per heavy atom. The first-order valence-electron chi connectivity index (χ1n) is 9.06. The number of imide groups is 1. The number of hydrogen-bond acceptors (Lipinski definition) is 5. The van der Waals surface area contributed by atoms with Crippen LogP contribution in [0.3, 0.4) is 0 Å². The molecule has 0 bridgehead atoms. The van der Waals surface area contributed by atoms with Crippen LogP contribution in [-0.2, 0) is 23.9 Å². The number of amides is 4. The van der Waals surface area contributed by atoms with E-state index in [9.17, 15) is 19.5 Å². The third kappa shape index (κ3) is 2.40. The predicted molar refractivity (Wildman–Crippen MR) is 102 cm³/mol. The highest BCUT2D eigenvalue weighted by Gasteiger charge is 2.53. The molecule has 1 unspecified atom stereocenters. The Morgan fingerprint density at radius 1 is 1.17 bits per heavy atom. The lowest BCUT2D eigenvalue weighted by atomic mass is 9.97. The van der Waals surface area contributed by atoms with Crippen molar-refractivity contribution in [1.29, 1.82) is 0 Å². The number of phenols is 1. The zero-order valence-corrected chi connectivity index (χ0v) is 15.5. The van der Waals surface area contributed by atoms with Crippen molar-refractivity contribution in [2.75, 3.05) is 6.54 Å². The van der Waals surface area contributed by atoms with Gasteiger partial charge in [0.05, 0.1) is 17.6 Å². The average Bonchev–Trinajstić information content (AvgIpc) is 3.29. The number of rotatable bonds is 3. The summed E-state index contributed by atoms with van der Waals surface area (Å²) in [5.41, 5.74) is 1.09. The molecule has 1 saturated heterocycles. The maximum Gasteiger partial charge on any atom is 0.322 e. The molecule has 9 heteroatoms. The summed E-state index contributed by atoms with van der Waals surface area (Å²) in [4.78, 5) is 44.0. The maximum atomic E-state index is 12.9. The number of imidazole rings is 1. The molecule has 9 nitrogen and oxygen atoms in total. The predicted octanol–water partition coefficient (Wildman–Crippen LogP) is 0.970. The first-order chi connectivity index (χ1) is 13.9. The number of carbonyl (C=O) groups excluding carboxylic acids is 3. The molecule has 2 aliphatic heterocycles. The number of carbonyl (C=O) groups is 3. The van der Waals surface area contributed by atoms with E-state index in [2.05, 4.69) is 15.6 Å². The number of urea groups is 1. The molecule has 4 amide bonds. The maximum absolute atomic E-state index is 12.9. The number of benzene rings is 2. The van der Waals surface area contributed by atoms with Crippen molar-refractivity contribution >= 4 is 28.9 Å². The van der Waals surface area contributed by atoms with Crippen LogP contribution in [0.4, 0.5) is 4.79 Å². The van der Waals surface area contributed by atoms with Gasteiger partial charge >= 0.3 is 6.03 Å². The van der Waals surface area contributed by atoms with Crippen molar-refractivity contribution < 1.29 is 19.5 Å². The largest absolute Gasteiger partial charge is 0.508 e. The topological polar surface area (TPSA) is 117 Å². The smallest absolute Gasteiger partial charge is 0.322 e. The number of nitrogens with one attached hydrogen (secondary N) is 2. The van der Waals surface area contributed by atoms with Gasteiger partial charge in [-0.3, -0.25) is 14.9 Å². The second kappa shape index (κ2) is 5.81. The van der Waals surface area contributed by atoms with Gasteiger partial charge in [-0.2, -0.15) is 0 Å². The molecular formula is C20H17N5O4. The van der Waals surface area contributed by atoms with Crippen molar-refractivity contribution in [1.82, 2.24) is 25.1 Å². The van der Waals surface area contributed by atoms with Gasteiger partial charge in [-0.15, -0.1) is 0 Å². The molecule has 1 aromatic heterocycles. The van der Waals surface area contributed by atoms with Gasteiger partial charge in [-0.05, 0) is 29.8 Å². The Bertz CT molecular complexity index is 1220. The van der Waals surface area contributed by atoms with Crippen LogP contribution < -0.4 is 10.6 Å². The molecule has 0 radical (unpaired) electrons. The first-order valence-corrected chi connectivity index (χ1v) is 9.06. The van der Waals surface area contributed by atoms with E-state index in [1.54, 1.807) is 17.7 Å². The molecule has 2 aliphatic rings. The Labute approximate surface area is 164 Å². The summed E-state index contributed by atoms with van der Waals surface area (Å²) in [5.74, 6) is -0.542. The van der Waals surface area contributed by atoms with Gasteiger partial charge in [-0.25, -0.2) is 9.78 Å². The van der Waals surface area contributed by atoms with Crippen LogP contribution in [0.1, 0.15) is 21.7 Å². The van der Waals surface area contributed by atoms with Crippen molar-refractivity contribution in [3.8, 4) is 5.75 Å². The van der Waals surface area contributed by atoms with E-state index in [-0.39, 0.29) is 24.7 Å². The van der Waals surface area contributed by atoms with Crippen LogP contribution in [-0.4, -0.2) is 43.9 Å². The summed E-state index contributed by atoms with van der Waals surface area (Å²) in [5, 5.41) is 14.7. The fraction of sp³-hybridized carbons (Fsp3) is 0.200. The number of aromatic nitrogens is 2. The lowest BCUT2D eigenvalue weighted by molar-refractivity contribution is -0.125. The molecule has 1 fully saturated rings. The third-order valence-electron chi connectivity index (χ3n) is 5.51. The Kier molecular flexibility index (Phi) is 3.45. The minimum Gasteiger partial charge on any atom is -0.508 e. The fourth-order valence-electron chi connectivity index (χ4n) is 4.12. The molecule has 1 atom stereocenters. The monoisotopic (exact) mass is 391 g/mol. The Hall–Kier alpha value is -3.88. The van der Waals surface area contributed by atoms with Crippen LogP contribution in [0.15, 0.2) is 42.5 Å². The van der Waals surface area contributed by atoms with Gasteiger partial charge in [-0.1, -0.05) is 18.2 Å². The van der Waals surface area contributed by atoms with Gasteiger partial charge in [0.15, 0.2) is 5.54 Å². The summed E-state index contributed by atoms with van der Waals surface area (Å²) in [6.45, 7) is 0.180. The SMILES string of the molecule is Cn1c(C2(CN3Cc4ccc(O)cc4C3=O)NC(=O)NC2=O)nc2ccccc21. The van der Waals surface area contributed by atoms with Crippen molar-refractivity contribution in [3.05, 3.63) is 59.4 Å². The summed E-state index contributed by atoms with van der Waals surface area (Å²) in [6, 6.07) is 11.4. The van der Waals surface area contributed by atoms with E-state index in [4.69, 9.17) is 0 Å². The number of para-hydroxylation sites is 2. The summed E-state index contributed by atoms with van der Waals surface area (Å²) >= 11 is 0. The van der Waals surface area contributed by atoms with Gasteiger partial charge in [0.2, 0.25) is 0 Å². The van der Waals surface area contributed by atoms with E-state index in [1.807, 2.05) is 24.3 Å². The molecule has 2 aromatic carbocycles. The van der Waals surface area contributed by atoms with Gasteiger partial charge in [0.25, 0.3) is 11.8 Å². The molecule has 0 aliphatic carbocycles. The van der Waals surface area contributed by atoms with E-state index in [1.165, 1.54) is 17.0 Å². The van der Waals surface area contributed by atoms with Crippen LogP contribution in [0.25, 0.3) is 11.0 Å². The van der Waals surface area contributed by atoms with Crippen LogP contribution >= 0.6 is 0 Å². The second-order valence-corrected chi connectivity index (χ2v) is 7.30. The first kappa shape index (κ1) is 17.2. The Balaban J connectivity index is 1.60. The molecular weight excluding hydrogens is 374 g/mol. The average molecular weight is 391 g/mol. The highest BCUT2D eigenvalue weighted by atomic mass is 16.3. The molecule has 3 N–H and O–H groups in total. The van der Waals surface area contributed by atoms with Crippen LogP contribution in [0.5, 0.6) is 5.75 Å². The van der Waals surface area contributed by atoms with Crippen molar-refractivity contribution in [3.63, 3.8) is 0 Å². The number of aryl methyl sites for hydroxylation is 1. The number of fused-ring (bicyclic) bond motifs is 2. The molecule has 146 valence electrons. The summed E-state index contributed by atoms with van der Waals surface area (Å²) in [7, 11) is 1.77. The highest BCUT2D eigenvalue weighted by Crippen LogP contribution is 2.33. The van der Waals surface area contributed by atoms with Crippen LogP contribution in [0, 0.1) is 0 Å². The lowest BCUT2D eigenvalue weighted by Crippen LogP contribution is -2.54. The fourth-order valence-corrected chi connectivity index (χ4v) is 4.12. The summed E-state index contributed by atoms with van der Waals surface area (Å²) < 4.78 is 1.75. The quantitative estimate of drug-likeness (QED) is 0.575. The highest BCUT2D eigenvalue weighted by molar-refractivity contribution is 6.08. The molecule has 0 spiro atoms. The number of nitrogens with zero attached hydrogens (tertiary/aromatic N) is 3. The van der Waals surface area contributed by atoms with Crippen molar-refractivity contribution in [2.45, 2.75) is 12.1 Å². The van der Waals surface area contributed by atoms with Gasteiger partial charge < -0.3 is 19.9 Å². The van der Waals surface area contributed by atoms with Crippen molar-refractivity contribution in [2.24, 2.45) is 7.05 Å². The van der Waals surface area contributed by atoms with Gasteiger partial charge in [0, 0.05) is 19.2 Å². The van der Waals surface area contributed by atoms with E-state index < -0.39 is 17.5 Å². The molecule has 0 saturated carbocycles.